The summed E-state index contributed by atoms with van der Waals surface area (Å²) in [4.78, 5) is 28.4. The first-order valence-electron chi connectivity index (χ1n) is 7.91. The van der Waals surface area contributed by atoms with E-state index in [1.165, 1.54) is 18.4 Å². The number of nitrogens with zero attached hydrogens (tertiary/aromatic N) is 2. The Labute approximate surface area is 165 Å². The van der Waals surface area contributed by atoms with Crippen LogP contribution in [0.5, 0.6) is 0 Å². The fraction of sp³-hybridized carbons (Fsp3) is 0.294. The van der Waals surface area contributed by atoms with Gasteiger partial charge in [0.05, 0.1) is 22.8 Å². The summed E-state index contributed by atoms with van der Waals surface area (Å²) in [5.74, 6) is -0.459. The number of thiophene rings is 1. The lowest BCUT2D eigenvalue weighted by Gasteiger charge is -2.36. The fourth-order valence-electron chi connectivity index (χ4n) is 2.70. The zero-order chi connectivity index (χ0) is 18.7. The van der Waals surface area contributed by atoms with Gasteiger partial charge in [-0.1, -0.05) is 23.2 Å². The predicted octanol–water partition coefficient (Wildman–Crippen LogP) is 4.20. The number of piperazine rings is 1. The van der Waals surface area contributed by atoms with Gasteiger partial charge in [0.15, 0.2) is 0 Å². The highest BCUT2D eigenvalue weighted by molar-refractivity contribution is 7.12. The number of methoxy groups -OCH3 is 1. The van der Waals surface area contributed by atoms with Crippen molar-refractivity contribution in [2.24, 2.45) is 0 Å². The number of amides is 2. The number of halogens is 2. The molecule has 0 radical (unpaired) electrons. The number of esters is 1. The molecule has 1 aromatic carbocycles. The van der Waals surface area contributed by atoms with E-state index in [0.29, 0.717) is 46.8 Å². The van der Waals surface area contributed by atoms with Crippen LogP contribution < -0.4 is 10.2 Å². The van der Waals surface area contributed by atoms with E-state index in [4.69, 9.17) is 27.9 Å². The molecule has 1 N–H and O–H groups in total. The third-order valence-corrected chi connectivity index (χ3v) is 5.75. The Morgan fingerprint density at radius 1 is 1.12 bits per heavy atom. The molecule has 9 heteroatoms. The minimum atomic E-state index is -0.459. The van der Waals surface area contributed by atoms with Crippen molar-refractivity contribution in [2.75, 3.05) is 43.5 Å². The lowest BCUT2D eigenvalue weighted by atomic mass is 10.2. The molecule has 0 saturated carbocycles. The summed E-state index contributed by atoms with van der Waals surface area (Å²) in [6.45, 7) is 2.48. The summed E-state index contributed by atoms with van der Waals surface area (Å²) in [5, 5.41) is 5.56. The van der Waals surface area contributed by atoms with Gasteiger partial charge in [-0.2, -0.15) is 0 Å². The van der Waals surface area contributed by atoms with Crippen LogP contribution in [0.2, 0.25) is 10.0 Å². The van der Waals surface area contributed by atoms with Crippen LogP contribution in [0.25, 0.3) is 0 Å². The highest BCUT2D eigenvalue weighted by Gasteiger charge is 2.23. The van der Waals surface area contributed by atoms with Crippen LogP contribution in [0.3, 0.4) is 0 Å². The monoisotopic (exact) mass is 413 g/mol. The minimum absolute atomic E-state index is 0.234. The van der Waals surface area contributed by atoms with E-state index in [0.717, 1.165) is 5.69 Å². The van der Waals surface area contributed by atoms with Gasteiger partial charge in [0.2, 0.25) is 0 Å². The maximum atomic E-state index is 12.5. The summed E-state index contributed by atoms with van der Waals surface area (Å²) in [5.41, 5.74) is 1.45. The Morgan fingerprint density at radius 2 is 1.85 bits per heavy atom. The van der Waals surface area contributed by atoms with Crippen molar-refractivity contribution in [1.82, 2.24) is 4.90 Å². The normalized spacial score (nSPS) is 14.3. The summed E-state index contributed by atoms with van der Waals surface area (Å²) < 4.78 is 4.72. The number of carbonyl (C=O) groups excluding carboxylic acids is 2. The highest BCUT2D eigenvalue weighted by atomic mass is 35.5. The molecular formula is C17H17Cl2N3O3S. The van der Waals surface area contributed by atoms with Crippen molar-refractivity contribution in [2.45, 2.75) is 0 Å². The van der Waals surface area contributed by atoms with Crippen LogP contribution in [0, 0.1) is 0 Å². The SMILES string of the molecule is COC(=O)c1sccc1NC(=O)N1CCN(c2ccc(Cl)c(Cl)c2)CC1. The predicted molar refractivity (Wildman–Crippen MR) is 105 cm³/mol. The second-order valence-electron chi connectivity index (χ2n) is 5.66. The molecule has 0 aliphatic carbocycles. The molecule has 6 nitrogen and oxygen atoms in total. The lowest BCUT2D eigenvalue weighted by molar-refractivity contribution is 0.0607. The summed E-state index contributed by atoms with van der Waals surface area (Å²) in [6, 6.07) is 6.97. The molecule has 138 valence electrons. The van der Waals surface area contributed by atoms with Crippen LogP contribution in [-0.4, -0.2) is 50.2 Å². The second kappa shape index (κ2) is 8.16. The molecule has 26 heavy (non-hydrogen) atoms. The number of hydrogen-bond donors (Lipinski definition) is 1. The van der Waals surface area contributed by atoms with E-state index >= 15 is 0 Å². The van der Waals surface area contributed by atoms with Crippen molar-refractivity contribution in [3.8, 4) is 0 Å². The molecule has 1 aliphatic heterocycles. The van der Waals surface area contributed by atoms with Crippen LogP contribution in [0.4, 0.5) is 16.2 Å². The van der Waals surface area contributed by atoms with Crippen LogP contribution in [0.15, 0.2) is 29.6 Å². The van der Waals surface area contributed by atoms with Crippen molar-refractivity contribution in [1.29, 1.82) is 0 Å². The maximum absolute atomic E-state index is 12.5. The van der Waals surface area contributed by atoms with E-state index in [9.17, 15) is 9.59 Å². The third kappa shape index (κ3) is 4.06. The zero-order valence-corrected chi connectivity index (χ0v) is 16.3. The van der Waals surface area contributed by atoms with Gasteiger partial charge < -0.3 is 19.9 Å². The number of rotatable bonds is 3. The van der Waals surface area contributed by atoms with Gasteiger partial charge >= 0.3 is 12.0 Å². The third-order valence-electron chi connectivity index (χ3n) is 4.11. The average Bonchev–Trinajstić information content (AvgIpc) is 3.11. The Balaban J connectivity index is 1.59. The van der Waals surface area contributed by atoms with Crippen molar-refractivity contribution in [3.05, 3.63) is 44.6 Å². The van der Waals surface area contributed by atoms with Crippen LogP contribution >= 0.6 is 34.5 Å². The van der Waals surface area contributed by atoms with Gasteiger partial charge in [0, 0.05) is 31.9 Å². The molecule has 1 aliphatic rings. The minimum Gasteiger partial charge on any atom is -0.465 e. The topological polar surface area (TPSA) is 61.9 Å². The smallest absolute Gasteiger partial charge is 0.350 e. The number of carbonyl (C=O) groups is 2. The van der Waals surface area contributed by atoms with E-state index in [-0.39, 0.29) is 6.03 Å². The molecule has 1 aromatic heterocycles. The Kier molecular flexibility index (Phi) is 5.90. The quantitative estimate of drug-likeness (QED) is 0.765. The standard InChI is InChI=1S/C17H17Cl2N3O3S/c1-25-16(23)15-14(4-9-26-15)20-17(24)22-7-5-21(6-8-22)11-2-3-12(18)13(19)10-11/h2-4,9-10H,5-8H2,1H3,(H,20,24). The number of ether oxygens (including phenoxy) is 1. The molecule has 3 rings (SSSR count). The first kappa shape index (κ1) is 18.8. The van der Waals surface area contributed by atoms with Crippen LogP contribution in [-0.2, 0) is 4.74 Å². The largest absolute Gasteiger partial charge is 0.465 e. The maximum Gasteiger partial charge on any atom is 0.350 e. The van der Waals surface area contributed by atoms with Crippen LogP contribution in [0.1, 0.15) is 9.67 Å². The molecule has 2 amide bonds. The fourth-order valence-corrected chi connectivity index (χ4v) is 3.76. The van der Waals surface area contributed by atoms with Gasteiger partial charge in [-0.3, -0.25) is 0 Å². The summed E-state index contributed by atoms with van der Waals surface area (Å²) >= 11 is 13.3. The van der Waals surface area contributed by atoms with Gasteiger partial charge in [0.25, 0.3) is 0 Å². The molecular weight excluding hydrogens is 397 g/mol. The molecule has 0 spiro atoms. The highest BCUT2D eigenvalue weighted by Crippen LogP contribution is 2.28. The molecule has 1 fully saturated rings. The van der Waals surface area contributed by atoms with E-state index in [1.807, 2.05) is 12.1 Å². The Morgan fingerprint density at radius 3 is 2.50 bits per heavy atom. The first-order chi connectivity index (χ1) is 12.5. The van der Waals surface area contributed by atoms with E-state index in [2.05, 4.69) is 10.2 Å². The van der Waals surface area contributed by atoms with Gasteiger partial charge in [-0.25, -0.2) is 9.59 Å². The number of hydrogen-bond acceptors (Lipinski definition) is 5. The summed E-state index contributed by atoms with van der Waals surface area (Å²) in [6.07, 6.45) is 0. The number of urea groups is 1. The van der Waals surface area contributed by atoms with E-state index in [1.54, 1.807) is 22.4 Å². The Bertz CT molecular complexity index is 819. The van der Waals surface area contributed by atoms with Crippen molar-refractivity contribution < 1.29 is 14.3 Å². The Hall–Kier alpha value is -1.96. The number of anilines is 2. The molecule has 2 aromatic rings. The van der Waals surface area contributed by atoms with Gasteiger partial charge in [0.1, 0.15) is 4.88 Å². The second-order valence-corrected chi connectivity index (χ2v) is 7.39. The number of benzene rings is 1. The molecule has 0 atom stereocenters. The lowest BCUT2D eigenvalue weighted by Crippen LogP contribution is -2.50. The molecule has 2 heterocycles. The zero-order valence-electron chi connectivity index (χ0n) is 14.0. The molecule has 0 bridgehead atoms. The first-order valence-corrected chi connectivity index (χ1v) is 9.55. The molecule has 0 unspecified atom stereocenters. The molecule has 1 saturated heterocycles. The van der Waals surface area contributed by atoms with Gasteiger partial charge in [-0.05, 0) is 29.6 Å². The van der Waals surface area contributed by atoms with Crippen molar-refractivity contribution >= 4 is 57.9 Å². The summed E-state index contributed by atoms with van der Waals surface area (Å²) in [7, 11) is 1.32. The van der Waals surface area contributed by atoms with E-state index < -0.39 is 5.97 Å². The number of nitrogens with one attached hydrogen (secondary N) is 1. The van der Waals surface area contributed by atoms with Crippen molar-refractivity contribution in [3.63, 3.8) is 0 Å². The average molecular weight is 414 g/mol. The van der Waals surface area contributed by atoms with Gasteiger partial charge in [-0.15, -0.1) is 11.3 Å².